The summed E-state index contributed by atoms with van der Waals surface area (Å²) in [5, 5.41) is 37.3. The van der Waals surface area contributed by atoms with Crippen LogP contribution in [-0.2, 0) is 19.1 Å². The number of ether oxygens (including phenoxy) is 2. The molecule has 376 valence electrons. The molecule has 0 saturated carbocycles. The second-order valence-corrected chi connectivity index (χ2v) is 21.1. The molecule has 0 aliphatic carbocycles. The van der Waals surface area contributed by atoms with Gasteiger partial charge < -0.3 is 45.2 Å². The van der Waals surface area contributed by atoms with Crippen molar-refractivity contribution < 1.29 is 44.0 Å². The van der Waals surface area contributed by atoms with Crippen molar-refractivity contribution in [3.05, 3.63) is 119 Å². The van der Waals surface area contributed by atoms with Crippen molar-refractivity contribution in [2.24, 2.45) is 5.41 Å². The van der Waals surface area contributed by atoms with Crippen LogP contribution < -0.4 is 15.4 Å². The molecule has 3 amide bonds. The Bertz CT molecular complexity index is 2770. The number of nitrogens with one attached hydrogen (secondary N) is 2. The molecule has 4 atom stereocenters. The lowest BCUT2D eigenvalue weighted by Crippen LogP contribution is -2.58. The molecule has 6 aromatic rings. The van der Waals surface area contributed by atoms with Crippen LogP contribution in [0.4, 0.5) is 0 Å². The highest BCUT2D eigenvalue weighted by molar-refractivity contribution is 7.22. The number of carbonyl (C=O) groups excluding carboxylic acids is 4. The summed E-state index contributed by atoms with van der Waals surface area (Å²) in [6.45, 7) is 14.6. The van der Waals surface area contributed by atoms with Crippen LogP contribution in [0.2, 0.25) is 0 Å². The van der Waals surface area contributed by atoms with Gasteiger partial charge in [-0.05, 0) is 135 Å². The molecule has 1 aliphatic heterocycles. The predicted octanol–water partition coefficient (Wildman–Crippen LogP) is 8.90. The Hall–Kier alpha value is -6.17. The molecule has 5 N–H and O–H groups in total. The number of phenols is 2. The van der Waals surface area contributed by atoms with Gasteiger partial charge in [-0.15, -0.1) is 22.7 Å². The second-order valence-electron chi connectivity index (χ2n) is 19.2. The number of aliphatic hydroxyl groups is 1. The maximum absolute atomic E-state index is 14.1. The van der Waals surface area contributed by atoms with Gasteiger partial charge in [0.05, 0.1) is 28.2 Å². The number of β-amino-alcohol motifs (C(OH)–C–C–N with tert-alkyl or cyclic N) is 1. The first-order valence-electron chi connectivity index (χ1n) is 24.2. The number of hydrogen-bond donors (Lipinski definition) is 5. The molecule has 0 unspecified atom stereocenters. The van der Waals surface area contributed by atoms with E-state index in [1.54, 1.807) is 78.1 Å². The number of thiazole rings is 1. The summed E-state index contributed by atoms with van der Waals surface area (Å²) in [5.41, 5.74) is 5.90. The molecule has 14 nitrogen and oxygen atoms in total. The normalized spacial score (nSPS) is 15.7. The first-order valence-corrected chi connectivity index (χ1v) is 25.9. The third-order valence-corrected chi connectivity index (χ3v) is 15.0. The summed E-state index contributed by atoms with van der Waals surface area (Å²) in [5.74, 6) is -0.451. The maximum atomic E-state index is 14.1. The number of rotatable bonds is 22. The molecule has 1 aliphatic rings. The van der Waals surface area contributed by atoms with Crippen LogP contribution in [0.25, 0.3) is 31.0 Å². The van der Waals surface area contributed by atoms with Crippen LogP contribution >= 0.6 is 22.7 Å². The molecule has 71 heavy (non-hydrogen) atoms. The molecule has 1 fully saturated rings. The van der Waals surface area contributed by atoms with E-state index in [9.17, 15) is 34.5 Å². The molecule has 3 heterocycles. The number of ketones is 1. The van der Waals surface area contributed by atoms with E-state index in [1.807, 2.05) is 64.4 Å². The number of carbonyl (C=O) groups is 4. The van der Waals surface area contributed by atoms with Crippen LogP contribution in [0.5, 0.6) is 17.2 Å². The number of thiophene rings is 1. The van der Waals surface area contributed by atoms with Crippen molar-refractivity contribution in [1.82, 2.24) is 25.4 Å². The molecule has 2 aromatic heterocycles. The van der Waals surface area contributed by atoms with E-state index in [0.717, 1.165) is 81.1 Å². The number of fused-ring (bicyclic) bond motifs is 1. The number of aromatic hydroxyl groups is 2. The summed E-state index contributed by atoms with van der Waals surface area (Å²) in [6.07, 6.45) is 1.80. The monoisotopic (exact) mass is 1000 g/mol. The van der Waals surface area contributed by atoms with Gasteiger partial charge in [-0.2, -0.15) is 0 Å². The molecule has 0 bridgehead atoms. The summed E-state index contributed by atoms with van der Waals surface area (Å²) in [7, 11) is 0. The lowest BCUT2D eigenvalue weighted by Gasteiger charge is -2.35. The zero-order chi connectivity index (χ0) is 50.8. The van der Waals surface area contributed by atoms with Gasteiger partial charge in [0.25, 0.3) is 0 Å². The second kappa shape index (κ2) is 23.8. The molecular weight excluding hydrogens is 939 g/mol. The first-order chi connectivity index (χ1) is 34.0. The van der Waals surface area contributed by atoms with Gasteiger partial charge in [-0.25, -0.2) is 4.98 Å². The molecule has 7 rings (SSSR count). The van der Waals surface area contributed by atoms with E-state index >= 15 is 0 Å². The summed E-state index contributed by atoms with van der Waals surface area (Å²) in [6, 6.07) is 24.6. The van der Waals surface area contributed by atoms with Crippen molar-refractivity contribution >= 4 is 56.3 Å². The summed E-state index contributed by atoms with van der Waals surface area (Å²) in [4.78, 5) is 64.8. The molecule has 4 aromatic carbocycles. The lowest BCUT2D eigenvalue weighted by atomic mass is 9.85. The third kappa shape index (κ3) is 13.4. The van der Waals surface area contributed by atoms with Gasteiger partial charge in [-0.1, -0.05) is 52.0 Å². The molecule has 16 heteroatoms. The number of aromatic nitrogens is 1. The van der Waals surface area contributed by atoms with Crippen LogP contribution in [0.1, 0.15) is 93.5 Å². The largest absolute Gasteiger partial charge is 0.508 e. The molecule has 0 spiro atoms. The van der Waals surface area contributed by atoms with E-state index < -0.39 is 35.4 Å². The minimum Gasteiger partial charge on any atom is -0.508 e. The summed E-state index contributed by atoms with van der Waals surface area (Å²) < 4.78 is 12.6. The van der Waals surface area contributed by atoms with E-state index in [-0.39, 0.29) is 48.8 Å². The smallest absolute Gasteiger partial charge is 0.246 e. The van der Waals surface area contributed by atoms with Gasteiger partial charge >= 0.3 is 0 Å². The van der Waals surface area contributed by atoms with E-state index in [4.69, 9.17) is 9.47 Å². The number of nitrogens with zero attached hydrogens (tertiary/aromatic N) is 3. The average molecular weight is 1000 g/mol. The van der Waals surface area contributed by atoms with Gasteiger partial charge in [0.2, 0.25) is 17.7 Å². The zero-order valence-electron chi connectivity index (χ0n) is 41.3. The van der Waals surface area contributed by atoms with Crippen LogP contribution in [-0.4, -0.2) is 118 Å². The Morgan fingerprint density at radius 1 is 0.859 bits per heavy atom. The quantitative estimate of drug-likeness (QED) is 0.0323. The van der Waals surface area contributed by atoms with Crippen molar-refractivity contribution in [2.45, 2.75) is 91.5 Å². The standard InChI is InChI=1S/C55H65N5O9S2/c1-7-59(26-28-69-43-22-17-37(18-23-43)49(65)48-44-24-21-41(62)30-46(44)71-51(48)39-15-19-40(61)20-16-39)25-9-8-10-27-68-32-47(64)58-52(55(4,5)6)54(67)60-31-42(63)29-45(60)53(66)57-34(2)36-11-13-38(14-12-36)50-35(3)56-33-70-50/h11-24,30,33-34,42,45,52,61-63H,7-10,25-29,31-32H2,1-6H3,(H,57,66)(H,58,64)/t34-,42-,45-,52+/m0/s1. The van der Waals surface area contributed by atoms with Gasteiger partial charge in [0, 0.05) is 52.2 Å². The number of likely N-dealkylation sites (N-methyl/N-ethyl adjacent to an activating group) is 1. The van der Waals surface area contributed by atoms with Crippen molar-refractivity contribution in [3.8, 4) is 38.1 Å². The number of unbranched alkanes of at least 4 members (excludes halogenated alkanes) is 2. The number of hydrogen-bond acceptors (Lipinski definition) is 13. The van der Waals surface area contributed by atoms with Crippen LogP contribution in [0.3, 0.4) is 0 Å². The number of benzene rings is 4. The molecular formula is C55H65N5O9S2. The van der Waals surface area contributed by atoms with Gasteiger partial charge in [0.15, 0.2) is 5.78 Å². The highest BCUT2D eigenvalue weighted by Gasteiger charge is 2.44. The fraction of sp³-hybridized carbons (Fsp3) is 0.400. The number of phenolic OH excluding ortho intramolecular Hbond substituents is 2. The van der Waals surface area contributed by atoms with Crippen molar-refractivity contribution in [2.75, 3.05) is 46.0 Å². The Morgan fingerprint density at radius 2 is 1.55 bits per heavy atom. The maximum Gasteiger partial charge on any atom is 0.246 e. The van der Waals surface area contributed by atoms with E-state index in [2.05, 4.69) is 27.4 Å². The summed E-state index contributed by atoms with van der Waals surface area (Å²) >= 11 is 2.99. The minimum atomic E-state index is -0.950. The molecule has 0 radical (unpaired) electrons. The average Bonchev–Trinajstić information content (AvgIpc) is 4.08. The minimum absolute atomic E-state index is 0.0121. The van der Waals surface area contributed by atoms with Crippen LogP contribution in [0, 0.1) is 12.3 Å². The number of aryl methyl sites for hydroxylation is 1. The predicted molar refractivity (Wildman–Crippen MR) is 279 cm³/mol. The van der Waals surface area contributed by atoms with Gasteiger partial charge in [-0.3, -0.25) is 19.2 Å². The van der Waals surface area contributed by atoms with Crippen molar-refractivity contribution in [3.63, 3.8) is 0 Å². The Morgan fingerprint density at radius 3 is 2.23 bits per heavy atom. The van der Waals surface area contributed by atoms with E-state index in [0.29, 0.717) is 30.1 Å². The Balaban J connectivity index is 0.813. The number of likely N-dealkylation sites (tertiary alicyclic amines) is 1. The number of amides is 3. The number of aliphatic hydroxyl groups excluding tert-OH is 1. The molecule has 1 saturated heterocycles. The topological polar surface area (TPSA) is 191 Å². The first kappa shape index (κ1) is 52.6. The van der Waals surface area contributed by atoms with E-state index in [1.165, 1.54) is 16.2 Å². The highest BCUT2D eigenvalue weighted by Crippen LogP contribution is 2.42. The Labute approximate surface area is 423 Å². The van der Waals surface area contributed by atoms with Gasteiger partial charge in [0.1, 0.15) is 42.5 Å². The Kier molecular flexibility index (Phi) is 17.7. The fourth-order valence-electron chi connectivity index (χ4n) is 8.79. The lowest BCUT2D eigenvalue weighted by molar-refractivity contribution is -0.144. The highest BCUT2D eigenvalue weighted by atomic mass is 32.1. The zero-order valence-corrected chi connectivity index (χ0v) is 42.9. The fourth-order valence-corrected chi connectivity index (χ4v) is 10.8. The van der Waals surface area contributed by atoms with Crippen molar-refractivity contribution in [1.29, 1.82) is 0 Å². The SMILES string of the molecule is CCN(CCCCCOCC(=O)N[C@H](C(=O)N1C[C@@H](O)C[C@H]1C(=O)N[C@@H](C)c1ccc(-c2scnc2C)cc1)C(C)(C)C)CCOc1ccc(C(=O)c2c(-c3ccc(O)cc3)sc3cc(O)ccc23)cc1. The third-order valence-electron chi connectivity index (χ3n) is 12.8. The van der Waals surface area contributed by atoms with Crippen LogP contribution in [0.15, 0.2) is 96.5 Å².